The van der Waals surface area contributed by atoms with Gasteiger partial charge in [0, 0.05) is 5.56 Å². The van der Waals surface area contributed by atoms with Crippen molar-refractivity contribution in [1.29, 1.82) is 0 Å². The Bertz CT molecular complexity index is 945. The van der Waals surface area contributed by atoms with Crippen LogP contribution in [0.2, 0.25) is 10.0 Å². The van der Waals surface area contributed by atoms with Crippen molar-refractivity contribution < 1.29 is 14.3 Å². The Balaban J connectivity index is 2.07. The fourth-order valence-corrected chi connectivity index (χ4v) is 2.99. The smallest absolute Gasteiger partial charge is 0.344 e. The number of carbonyl (C=O) groups excluding carboxylic acids is 1. The van der Waals surface area contributed by atoms with Gasteiger partial charge in [0.25, 0.3) is 5.84 Å². The van der Waals surface area contributed by atoms with Crippen LogP contribution in [0.3, 0.4) is 0 Å². The van der Waals surface area contributed by atoms with E-state index >= 15 is 0 Å². The van der Waals surface area contributed by atoms with E-state index in [1.54, 1.807) is 37.3 Å². The predicted octanol–water partition coefficient (Wildman–Crippen LogP) is 2.58. The van der Waals surface area contributed by atoms with E-state index < -0.39 is 5.91 Å². The van der Waals surface area contributed by atoms with E-state index in [2.05, 4.69) is 10.1 Å². The third kappa shape index (κ3) is 3.43. The van der Waals surface area contributed by atoms with Crippen molar-refractivity contribution in [3.63, 3.8) is 0 Å². The molecule has 1 heterocycles. The van der Waals surface area contributed by atoms with Crippen LogP contribution in [-0.2, 0) is 0 Å². The molecule has 0 saturated heterocycles. The van der Waals surface area contributed by atoms with Gasteiger partial charge in [-0.1, -0.05) is 52.6 Å². The molecule has 3 rings (SSSR count). The molecule has 3 aromatic rings. The van der Waals surface area contributed by atoms with Crippen LogP contribution in [0.15, 0.2) is 53.1 Å². The summed E-state index contributed by atoms with van der Waals surface area (Å²) in [6.45, 7) is 1.63. The largest absolute Gasteiger partial charge is 0.360 e. The minimum atomic E-state index is -0.453. The maximum absolute atomic E-state index is 12.7. The summed E-state index contributed by atoms with van der Waals surface area (Å²) in [4.78, 5) is 15.4. The first kappa shape index (κ1) is 17.2. The predicted molar refractivity (Wildman–Crippen MR) is 96.7 cm³/mol. The molecule has 0 aliphatic carbocycles. The molecular weight excluding hydrogens is 361 g/mol. The molecule has 0 saturated carbocycles. The summed E-state index contributed by atoms with van der Waals surface area (Å²) in [5.41, 5.74) is 7.62. The van der Waals surface area contributed by atoms with E-state index in [1.165, 1.54) is 0 Å². The van der Waals surface area contributed by atoms with Crippen LogP contribution in [0, 0.1) is 6.92 Å². The van der Waals surface area contributed by atoms with Crippen LogP contribution in [0.5, 0.6) is 0 Å². The van der Waals surface area contributed by atoms with Gasteiger partial charge in [-0.05, 0) is 31.2 Å². The molecule has 25 heavy (non-hydrogen) atoms. The maximum atomic E-state index is 12.7. The first-order chi connectivity index (χ1) is 12.0. The van der Waals surface area contributed by atoms with Gasteiger partial charge in [-0.2, -0.15) is 0 Å². The van der Waals surface area contributed by atoms with Gasteiger partial charge in [-0.3, -0.25) is 5.73 Å². The van der Waals surface area contributed by atoms with Crippen LogP contribution >= 0.6 is 23.2 Å². The van der Waals surface area contributed by atoms with Crippen molar-refractivity contribution in [3.8, 4) is 11.3 Å². The van der Waals surface area contributed by atoms with Crippen molar-refractivity contribution in [2.45, 2.75) is 6.92 Å². The topological polar surface area (TPSA) is 83.1 Å². The zero-order valence-electron chi connectivity index (χ0n) is 13.2. The van der Waals surface area contributed by atoms with E-state index in [1.807, 2.05) is 18.2 Å². The maximum Gasteiger partial charge on any atom is 0.344 e. The van der Waals surface area contributed by atoms with Crippen molar-refractivity contribution >= 4 is 34.9 Å². The van der Waals surface area contributed by atoms with Gasteiger partial charge in [-0.15, -0.1) is 0 Å². The van der Waals surface area contributed by atoms with Crippen molar-refractivity contribution in [2.75, 3.05) is 0 Å². The van der Waals surface area contributed by atoms with E-state index in [-0.39, 0.29) is 17.1 Å². The van der Waals surface area contributed by atoms with E-state index in [0.717, 1.165) is 0 Å². The number of nitrogen functional groups attached to an aromatic ring is 1. The minimum absolute atomic E-state index is 0.224. The van der Waals surface area contributed by atoms with Crippen LogP contribution in [-0.4, -0.2) is 16.9 Å². The Morgan fingerprint density at radius 1 is 1.08 bits per heavy atom. The van der Waals surface area contributed by atoms with Gasteiger partial charge in [0.15, 0.2) is 0 Å². The summed E-state index contributed by atoms with van der Waals surface area (Å²) in [5.74, 6) is 0.109. The molecule has 0 aliphatic rings. The lowest BCUT2D eigenvalue weighted by Gasteiger charge is -2.04. The second kappa shape index (κ2) is 7.09. The number of hydrogen-bond acceptors (Lipinski definition) is 3. The van der Waals surface area contributed by atoms with Gasteiger partial charge in [0.1, 0.15) is 17.0 Å². The van der Waals surface area contributed by atoms with Crippen LogP contribution in [0.1, 0.15) is 21.7 Å². The molecule has 0 spiro atoms. The second-order valence-corrected chi connectivity index (χ2v) is 6.11. The number of aryl methyl sites for hydroxylation is 1. The lowest BCUT2D eigenvalue weighted by Crippen LogP contribution is -2.79. The number of benzene rings is 2. The highest BCUT2D eigenvalue weighted by atomic mass is 35.5. The summed E-state index contributed by atoms with van der Waals surface area (Å²) in [5, 5.41) is 4.69. The average Bonchev–Trinajstić information content (AvgIpc) is 2.97. The Kier molecular flexibility index (Phi) is 4.88. The third-order valence-corrected chi connectivity index (χ3v) is 4.25. The number of nitrogens with two attached hydrogens (primary N) is 1. The summed E-state index contributed by atoms with van der Waals surface area (Å²) < 4.78 is 5.19. The monoisotopic (exact) mass is 374 g/mol. The summed E-state index contributed by atoms with van der Waals surface area (Å²) >= 11 is 12.4. The van der Waals surface area contributed by atoms with Crippen molar-refractivity contribution in [1.82, 2.24) is 5.16 Å². The lowest BCUT2D eigenvalue weighted by atomic mass is 10.1. The molecular formula is C18H14Cl2N3O2+. The molecule has 126 valence electrons. The zero-order chi connectivity index (χ0) is 18.0. The van der Waals surface area contributed by atoms with Gasteiger partial charge >= 0.3 is 5.91 Å². The fraction of sp³-hybridized carbons (Fsp3) is 0.0556. The molecule has 1 amide bonds. The Hall–Kier alpha value is -2.63. The Morgan fingerprint density at radius 2 is 1.72 bits per heavy atom. The molecule has 5 nitrogen and oxygen atoms in total. The van der Waals surface area contributed by atoms with Gasteiger partial charge < -0.3 is 4.52 Å². The molecule has 3 N–H and O–H groups in total. The molecule has 0 radical (unpaired) electrons. The highest BCUT2D eigenvalue weighted by molar-refractivity contribution is 6.39. The highest BCUT2D eigenvalue weighted by Gasteiger charge is 2.26. The molecule has 1 aromatic heterocycles. The lowest BCUT2D eigenvalue weighted by molar-refractivity contribution is -0.345. The first-order valence-electron chi connectivity index (χ1n) is 7.39. The summed E-state index contributed by atoms with van der Waals surface area (Å²) in [6.07, 6.45) is 0. The van der Waals surface area contributed by atoms with Crippen LogP contribution in [0.25, 0.3) is 11.3 Å². The third-order valence-electron chi connectivity index (χ3n) is 3.62. The number of aromatic nitrogens is 1. The summed E-state index contributed by atoms with van der Waals surface area (Å²) in [6, 6.07) is 14.1. The number of amides is 1. The molecule has 7 heteroatoms. The molecule has 0 atom stereocenters. The number of nitrogens with one attached hydrogen (secondary N) is 1. The van der Waals surface area contributed by atoms with Crippen LogP contribution < -0.4 is 10.7 Å². The number of halogens is 2. The summed E-state index contributed by atoms with van der Waals surface area (Å²) in [7, 11) is 0. The van der Waals surface area contributed by atoms with Crippen molar-refractivity contribution in [2.24, 2.45) is 5.73 Å². The number of carbonyl (C=O) groups is 1. The standard InChI is InChI=1S/C18H13Cl2N3O2/c1-10-14(18(24)22-17(21)11-6-3-2-4-7-11)16(23-25-10)15-12(19)8-5-9-13(15)20/h2-9H,1H3,(H2,21,22,24)/p+1. The molecule has 0 fully saturated rings. The van der Waals surface area contributed by atoms with Gasteiger partial charge in [0.05, 0.1) is 15.6 Å². The molecule has 0 unspecified atom stereocenters. The Morgan fingerprint density at radius 3 is 2.36 bits per heavy atom. The average molecular weight is 375 g/mol. The van der Waals surface area contributed by atoms with E-state index in [9.17, 15) is 4.79 Å². The fourth-order valence-electron chi connectivity index (χ4n) is 2.41. The quantitative estimate of drug-likeness (QED) is 0.545. The Labute approximate surface area is 154 Å². The van der Waals surface area contributed by atoms with Crippen LogP contribution in [0.4, 0.5) is 0 Å². The van der Waals surface area contributed by atoms with Crippen molar-refractivity contribution in [3.05, 3.63) is 75.5 Å². The SMILES string of the molecule is Cc1onc(-c2c(Cl)cccc2Cl)c1C(=O)[NH+]=C(N)c1ccccc1. The second-order valence-electron chi connectivity index (χ2n) is 5.29. The highest BCUT2D eigenvalue weighted by Crippen LogP contribution is 2.36. The number of nitrogens with zero attached hydrogens (tertiary/aromatic N) is 1. The number of hydrogen-bond donors (Lipinski definition) is 2. The normalized spacial score (nSPS) is 11.6. The van der Waals surface area contributed by atoms with E-state index in [0.29, 0.717) is 26.9 Å². The number of amidine groups is 1. The molecule has 0 bridgehead atoms. The van der Waals surface area contributed by atoms with Gasteiger partial charge in [-0.25, -0.2) is 9.79 Å². The molecule has 0 aliphatic heterocycles. The minimum Gasteiger partial charge on any atom is -0.360 e. The molecule has 2 aromatic carbocycles. The van der Waals surface area contributed by atoms with E-state index in [4.69, 9.17) is 33.5 Å². The van der Waals surface area contributed by atoms with Gasteiger partial charge in [0.2, 0.25) is 0 Å². The first-order valence-corrected chi connectivity index (χ1v) is 8.14. The zero-order valence-corrected chi connectivity index (χ0v) is 14.7. The number of rotatable bonds is 3.